The lowest BCUT2D eigenvalue weighted by atomic mass is 9.46. The van der Waals surface area contributed by atoms with Gasteiger partial charge in [-0.05, 0) is 186 Å². The van der Waals surface area contributed by atoms with Crippen molar-refractivity contribution in [1.29, 1.82) is 0 Å². The molecule has 0 saturated heterocycles. The number of hydrogen-bond acceptors (Lipinski definition) is 7. The Morgan fingerprint density at radius 1 is 0.646 bits per heavy atom. The minimum absolute atomic E-state index is 0.0316. The van der Waals surface area contributed by atoms with Crippen molar-refractivity contribution < 1.29 is 33.4 Å². The summed E-state index contributed by atoms with van der Waals surface area (Å²) in [7, 11) is 0. The maximum Gasteiger partial charge on any atom is 0.313 e. The number of Topliss-reactive ketones (excluding diaryl/α,β-unsaturated/α-hetero) is 1. The number of ketones is 1. The summed E-state index contributed by atoms with van der Waals surface area (Å²) in [5, 5.41) is 0. The first-order chi connectivity index (χ1) is 30.9. The summed E-state index contributed by atoms with van der Waals surface area (Å²) >= 11 is 0. The topological polar surface area (TPSA) is 96.0 Å². The molecule has 12 unspecified atom stereocenters. The number of ether oxygens (including phenoxy) is 3. The number of hydrogen-bond donors (Lipinski definition) is 0. The van der Waals surface area contributed by atoms with E-state index in [-0.39, 0.29) is 53.7 Å². The molecule has 0 N–H and O–H groups in total. The third-order valence-electron chi connectivity index (χ3n) is 20.0. The van der Waals surface area contributed by atoms with E-state index in [9.17, 15) is 19.2 Å². The molecule has 5 saturated carbocycles. The first kappa shape index (κ1) is 48.2. The molecule has 7 nitrogen and oxygen atoms in total. The highest BCUT2D eigenvalue weighted by atomic mass is 16.6. The quantitative estimate of drug-likeness (QED) is 0.111. The van der Waals surface area contributed by atoms with Crippen LogP contribution in [0.25, 0.3) is 0 Å². The number of carbonyl (C=O) groups excluding carboxylic acids is 4. The minimum atomic E-state index is -0.948. The number of fused-ring (bicyclic) bond motifs is 6. The maximum atomic E-state index is 14.6. The average Bonchev–Trinajstić information content (AvgIpc) is 3.69. The number of allylic oxidation sites excluding steroid dienone is 4. The Balaban J connectivity index is 0.978. The van der Waals surface area contributed by atoms with Crippen molar-refractivity contribution in [2.75, 3.05) is 13.2 Å². The van der Waals surface area contributed by atoms with Gasteiger partial charge in [0.1, 0.15) is 19.0 Å². The number of esters is 3. The summed E-state index contributed by atoms with van der Waals surface area (Å²) < 4.78 is 18.9. The van der Waals surface area contributed by atoms with Crippen LogP contribution in [0.3, 0.4) is 0 Å². The van der Waals surface area contributed by atoms with E-state index >= 15 is 0 Å². The molecule has 7 aliphatic carbocycles. The fourth-order valence-electron chi connectivity index (χ4n) is 15.6. The molecular weight excluding hydrogens is 809 g/mol. The monoisotopic (exact) mass is 893 g/mol. The number of rotatable bonds is 13. The first-order valence-electron chi connectivity index (χ1n) is 26.4. The summed E-state index contributed by atoms with van der Waals surface area (Å²) in [5.41, 5.74) is 3.85. The standard InChI is InChI=1S/C58H84O7/c1-36(2)41-19-23-47-43(32-41)21-25-50-55(47,6)27-11-29-57(50,8)53(61)63-34-46(65-52(60)38(5)40-17-15-39(16-18-40)31-45-13-10-14-49(45)59)35-64-54(62)58(9)30-12-28-56(7)48-24-20-42(37(3)4)33-44(48)22-26-51(56)58/h15-18,21-22,36-38,41-42,45-48,50-51H,10-14,19-20,23-35H2,1-9H3. The molecule has 1 aromatic rings. The van der Waals surface area contributed by atoms with Crippen molar-refractivity contribution in [3.63, 3.8) is 0 Å². The Morgan fingerprint density at radius 3 is 1.58 bits per heavy atom. The van der Waals surface area contributed by atoms with Gasteiger partial charge in [0.15, 0.2) is 6.10 Å². The largest absolute Gasteiger partial charge is 0.461 e. The van der Waals surface area contributed by atoms with Gasteiger partial charge in [-0.1, -0.05) is 102 Å². The molecule has 0 spiro atoms. The lowest BCUT2D eigenvalue weighted by Crippen LogP contribution is -2.54. The van der Waals surface area contributed by atoms with Crippen LogP contribution in [-0.2, 0) is 39.8 Å². The zero-order chi connectivity index (χ0) is 46.5. The second-order valence-electron chi connectivity index (χ2n) is 24.3. The van der Waals surface area contributed by atoms with Crippen molar-refractivity contribution >= 4 is 23.7 Å². The molecule has 0 heterocycles. The molecule has 0 aromatic heterocycles. The van der Waals surface area contributed by atoms with Gasteiger partial charge in [-0.2, -0.15) is 0 Å². The van der Waals surface area contributed by atoms with Gasteiger partial charge < -0.3 is 14.2 Å². The van der Waals surface area contributed by atoms with E-state index in [2.05, 4.69) is 67.5 Å². The first-order valence-corrected chi connectivity index (χ1v) is 26.4. The van der Waals surface area contributed by atoms with Crippen LogP contribution in [0.5, 0.6) is 0 Å². The van der Waals surface area contributed by atoms with Crippen molar-refractivity contribution in [2.24, 2.45) is 74.9 Å². The molecule has 0 amide bonds. The van der Waals surface area contributed by atoms with Crippen LogP contribution in [0.2, 0.25) is 0 Å². The number of carbonyl (C=O) groups is 4. The maximum absolute atomic E-state index is 14.6. The predicted octanol–water partition coefficient (Wildman–Crippen LogP) is 13.1. The van der Waals surface area contributed by atoms with Crippen LogP contribution in [-0.4, -0.2) is 43.0 Å². The van der Waals surface area contributed by atoms with E-state index < -0.39 is 28.8 Å². The predicted molar refractivity (Wildman–Crippen MR) is 257 cm³/mol. The smallest absolute Gasteiger partial charge is 0.313 e. The average molecular weight is 893 g/mol. The fourth-order valence-corrected chi connectivity index (χ4v) is 15.6. The van der Waals surface area contributed by atoms with Gasteiger partial charge in [-0.15, -0.1) is 0 Å². The summed E-state index contributed by atoms with van der Waals surface area (Å²) in [6.07, 6.45) is 22.0. The Morgan fingerprint density at radius 2 is 1.14 bits per heavy atom. The zero-order valence-electron chi connectivity index (χ0n) is 41.8. The fraction of sp³-hybridized carbons (Fsp3) is 0.759. The van der Waals surface area contributed by atoms with E-state index in [1.165, 1.54) is 38.5 Å². The molecule has 7 aliphatic rings. The van der Waals surface area contributed by atoms with E-state index in [1.54, 1.807) is 11.1 Å². The van der Waals surface area contributed by atoms with Crippen LogP contribution in [0, 0.1) is 74.9 Å². The van der Waals surface area contributed by atoms with Gasteiger partial charge in [-0.25, -0.2) is 0 Å². The van der Waals surface area contributed by atoms with Crippen LogP contribution in [0.15, 0.2) is 47.6 Å². The Labute approximate surface area is 392 Å². The molecule has 0 radical (unpaired) electrons. The normalized spacial score (nSPS) is 37.7. The van der Waals surface area contributed by atoms with Gasteiger partial charge in [-0.3, -0.25) is 19.2 Å². The number of benzene rings is 1. The van der Waals surface area contributed by atoms with E-state index in [0.717, 1.165) is 93.6 Å². The van der Waals surface area contributed by atoms with E-state index in [1.807, 2.05) is 31.2 Å². The van der Waals surface area contributed by atoms with Crippen molar-refractivity contribution in [3.8, 4) is 0 Å². The molecule has 0 aliphatic heterocycles. The molecule has 5 fully saturated rings. The summed E-state index contributed by atoms with van der Waals surface area (Å²) in [4.78, 5) is 55.7. The summed E-state index contributed by atoms with van der Waals surface area (Å²) in [5.74, 6) is 3.07. The van der Waals surface area contributed by atoms with E-state index in [0.29, 0.717) is 35.9 Å². The van der Waals surface area contributed by atoms with Crippen molar-refractivity contribution in [1.82, 2.24) is 0 Å². The zero-order valence-corrected chi connectivity index (χ0v) is 41.8. The summed E-state index contributed by atoms with van der Waals surface area (Å²) in [6, 6.07) is 7.94. The molecule has 8 rings (SSSR count). The molecular formula is C58H84O7. The van der Waals surface area contributed by atoms with E-state index in [4.69, 9.17) is 14.2 Å². The Hall–Kier alpha value is -3.22. The van der Waals surface area contributed by atoms with Crippen molar-refractivity contribution in [3.05, 3.63) is 58.7 Å². The lowest BCUT2D eigenvalue weighted by Gasteiger charge is -2.58. The second-order valence-corrected chi connectivity index (χ2v) is 24.3. The molecule has 0 bridgehead atoms. The highest BCUT2D eigenvalue weighted by Crippen LogP contribution is 2.65. The highest BCUT2D eigenvalue weighted by molar-refractivity contribution is 5.83. The SMILES string of the molecule is CC(C(=O)OC(COC(=O)C1(C)CCCC2(C)C3CCC(C(C)C)CC3=CCC12)COC(=O)C1(C)CCCC2(C)C3CCC(C(C)C)CC3=CCC12)c1ccc(CC2CCCC2=O)cc1. The van der Waals surface area contributed by atoms with Gasteiger partial charge in [0, 0.05) is 12.3 Å². The molecule has 1 aromatic carbocycles. The Bertz CT molecular complexity index is 1900. The third kappa shape index (κ3) is 9.24. The van der Waals surface area contributed by atoms with Gasteiger partial charge in [0.2, 0.25) is 0 Å². The van der Waals surface area contributed by atoms with Crippen LogP contribution < -0.4 is 0 Å². The van der Waals surface area contributed by atoms with Crippen LogP contribution in [0.1, 0.15) is 189 Å². The highest BCUT2D eigenvalue weighted by Gasteiger charge is 2.60. The summed E-state index contributed by atoms with van der Waals surface area (Å²) in [6.45, 7) is 20.0. The second kappa shape index (κ2) is 19.0. The van der Waals surface area contributed by atoms with Gasteiger partial charge in [0.25, 0.3) is 0 Å². The Kier molecular flexibility index (Phi) is 14.1. The third-order valence-corrected chi connectivity index (χ3v) is 20.0. The van der Waals surface area contributed by atoms with Crippen LogP contribution in [0.4, 0.5) is 0 Å². The molecule has 7 heteroatoms. The molecule has 358 valence electrons. The van der Waals surface area contributed by atoms with Gasteiger partial charge in [0.05, 0.1) is 16.7 Å². The lowest BCUT2D eigenvalue weighted by molar-refractivity contribution is -0.184. The van der Waals surface area contributed by atoms with Gasteiger partial charge >= 0.3 is 17.9 Å². The van der Waals surface area contributed by atoms with Crippen molar-refractivity contribution in [2.45, 2.75) is 190 Å². The van der Waals surface area contributed by atoms with Crippen LogP contribution >= 0.6 is 0 Å². The molecule has 12 atom stereocenters. The minimum Gasteiger partial charge on any atom is -0.461 e. The molecule has 65 heavy (non-hydrogen) atoms.